The quantitative estimate of drug-likeness (QED) is 0.808. The summed E-state index contributed by atoms with van der Waals surface area (Å²) in [5.41, 5.74) is 3.23. The lowest BCUT2D eigenvalue weighted by Crippen LogP contribution is -2.37. The zero-order valence-electron chi connectivity index (χ0n) is 16.7. The summed E-state index contributed by atoms with van der Waals surface area (Å²) < 4.78 is 0. The van der Waals surface area contributed by atoms with E-state index in [1.807, 2.05) is 18.2 Å². The lowest BCUT2D eigenvalue weighted by Gasteiger charge is -2.27. The highest BCUT2D eigenvalue weighted by Crippen LogP contribution is 2.18. The second kappa shape index (κ2) is 9.05. The molecule has 4 nitrogen and oxygen atoms in total. The second-order valence-electron chi connectivity index (χ2n) is 7.61. The van der Waals surface area contributed by atoms with E-state index in [9.17, 15) is 4.79 Å². The summed E-state index contributed by atoms with van der Waals surface area (Å²) in [6.07, 6.45) is 1.01. The first-order chi connectivity index (χ1) is 13.1. The van der Waals surface area contributed by atoms with Gasteiger partial charge in [0.15, 0.2) is 0 Å². The Morgan fingerprint density at radius 1 is 1.15 bits per heavy atom. The average Bonchev–Trinajstić information content (AvgIpc) is 3.10. The molecule has 0 bridgehead atoms. The van der Waals surface area contributed by atoms with Gasteiger partial charge in [0.2, 0.25) is 0 Å². The Balaban J connectivity index is 1.53. The SMILES string of the molecule is CCN(c1ccc(C(=O)NC2CCN(Cc3ccccc3)C2)cc1)C(C)C. The molecule has 1 aliphatic rings. The number of benzene rings is 2. The highest BCUT2D eigenvalue weighted by atomic mass is 16.1. The van der Waals surface area contributed by atoms with Gasteiger partial charge in [-0.1, -0.05) is 30.3 Å². The van der Waals surface area contributed by atoms with E-state index in [1.165, 1.54) is 11.3 Å². The van der Waals surface area contributed by atoms with Crippen LogP contribution < -0.4 is 10.2 Å². The normalized spacial score (nSPS) is 17.3. The minimum atomic E-state index is 0.0284. The van der Waals surface area contributed by atoms with Crippen molar-refractivity contribution in [1.29, 1.82) is 0 Å². The van der Waals surface area contributed by atoms with Gasteiger partial charge >= 0.3 is 0 Å². The number of hydrogen-bond acceptors (Lipinski definition) is 3. The highest BCUT2D eigenvalue weighted by Gasteiger charge is 2.24. The van der Waals surface area contributed by atoms with Crippen LogP contribution >= 0.6 is 0 Å². The van der Waals surface area contributed by atoms with Crippen LogP contribution in [0, 0.1) is 0 Å². The number of likely N-dealkylation sites (tertiary alicyclic amines) is 1. The smallest absolute Gasteiger partial charge is 0.251 e. The maximum absolute atomic E-state index is 12.6. The molecule has 27 heavy (non-hydrogen) atoms. The first-order valence-corrected chi connectivity index (χ1v) is 10.0. The number of amides is 1. The lowest BCUT2D eigenvalue weighted by atomic mass is 10.1. The van der Waals surface area contributed by atoms with Crippen molar-refractivity contribution in [1.82, 2.24) is 10.2 Å². The van der Waals surface area contributed by atoms with Crippen molar-refractivity contribution in [2.75, 3.05) is 24.5 Å². The lowest BCUT2D eigenvalue weighted by molar-refractivity contribution is 0.0937. The molecule has 4 heteroatoms. The molecule has 1 heterocycles. The second-order valence-corrected chi connectivity index (χ2v) is 7.61. The van der Waals surface area contributed by atoms with Crippen molar-refractivity contribution in [3.8, 4) is 0 Å². The summed E-state index contributed by atoms with van der Waals surface area (Å²) in [6, 6.07) is 19.2. The van der Waals surface area contributed by atoms with Crippen molar-refractivity contribution in [3.63, 3.8) is 0 Å². The molecule has 1 aliphatic heterocycles. The van der Waals surface area contributed by atoms with Crippen LogP contribution in [-0.4, -0.2) is 42.5 Å². The third-order valence-electron chi connectivity index (χ3n) is 5.28. The number of carbonyl (C=O) groups excluding carboxylic acids is 1. The zero-order chi connectivity index (χ0) is 19.2. The van der Waals surface area contributed by atoms with Gasteiger partial charge in [-0.15, -0.1) is 0 Å². The molecule has 3 rings (SSSR count). The number of carbonyl (C=O) groups is 1. The third kappa shape index (κ3) is 5.10. The monoisotopic (exact) mass is 365 g/mol. The van der Waals surface area contributed by atoms with E-state index in [0.29, 0.717) is 6.04 Å². The maximum atomic E-state index is 12.6. The van der Waals surface area contributed by atoms with E-state index in [1.54, 1.807) is 0 Å². The van der Waals surface area contributed by atoms with Crippen molar-refractivity contribution in [2.45, 2.75) is 45.8 Å². The van der Waals surface area contributed by atoms with Gasteiger partial charge in [0.1, 0.15) is 0 Å². The van der Waals surface area contributed by atoms with Gasteiger partial charge in [-0.05, 0) is 57.0 Å². The van der Waals surface area contributed by atoms with Crippen LogP contribution in [0.3, 0.4) is 0 Å². The molecule has 1 atom stereocenters. The molecule has 1 N–H and O–H groups in total. The van der Waals surface area contributed by atoms with Gasteiger partial charge in [0.05, 0.1) is 0 Å². The minimum Gasteiger partial charge on any atom is -0.369 e. The summed E-state index contributed by atoms with van der Waals surface area (Å²) in [6.45, 7) is 10.4. The van der Waals surface area contributed by atoms with E-state index in [2.05, 4.69) is 72.3 Å². The highest BCUT2D eigenvalue weighted by molar-refractivity contribution is 5.94. The maximum Gasteiger partial charge on any atom is 0.251 e. The molecule has 1 unspecified atom stereocenters. The van der Waals surface area contributed by atoms with Crippen LogP contribution in [0.4, 0.5) is 5.69 Å². The van der Waals surface area contributed by atoms with E-state index >= 15 is 0 Å². The van der Waals surface area contributed by atoms with Gasteiger partial charge in [-0.25, -0.2) is 0 Å². The Hall–Kier alpha value is -2.33. The Morgan fingerprint density at radius 3 is 2.48 bits per heavy atom. The fraction of sp³-hybridized carbons (Fsp3) is 0.435. The van der Waals surface area contributed by atoms with Crippen molar-refractivity contribution < 1.29 is 4.79 Å². The molecule has 144 valence electrons. The first-order valence-electron chi connectivity index (χ1n) is 10.0. The number of nitrogens with zero attached hydrogens (tertiary/aromatic N) is 2. The summed E-state index contributed by atoms with van der Waals surface area (Å²) in [7, 11) is 0. The number of anilines is 1. The topological polar surface area (TPSA) is 35.6 Å². The average molecular weight is 366 g/mol. The van der Waals surface area contributed by atoms with Crippen molar-refractivity contribution in [3.05, 3.63) is 65.7 Å². The summed E-state index contributed by atoms with van der Waals surface area (Å²) in [5.74, 6) is 0.0284. The molecule has 0 aliphatic carbocycles. The van der Waals surface area contributed by atoms with E-state index in [-0.39, 0.29) is 11.9 Å². The zero-order valence-corrected chi connectivity index (χ0v) is 16.7. The molecule has 2 aromatic carbocycles. The van der Waals surface area contributed by atoms with E-state index < -0.39 is 0 Å². The van der Waals surface area contributed by atoms with Gasteiger partial charge in [0, 0.05) is 49.5 Å². The van der Waals surface area contributed by atoms with Gasteiger partial charge in [-0.2, -0.15) is 0 Å². The predicted octanol–water partition coefficient (Wildman–Crippen LogP) is 3.93. The molecular formula is C23H31N3O. The minimum absolute atomic E-state index is 0.0284. The standard InChI is InChI=1S/C23H31N3O/c1-4-26(18(2)3)22-12-10-20(11-13-22)23(27)24-21-14-15-25(17-21)16-19-8-6-5-7-9-19/h5-13,18,21H,4,14-17H2,1-3H3,(H,24,27). The molecule has 0 saturated carbocycles. The first kappa shape index (κ1) is 19.4. The summed E-state index contributed by atoms with van der Waals surface area (Å²) in [4.78, 5) is 17.3. The fourth-order valence-electron chi connectivity index (χ4n) is 3.85. The van der Waals surface area contributed by atoms with Gasteiger partial charge in [-0.3, -0.25) is 9.69 Å². The molecule has 1 saturated heterocycles. The molecule has 2 aromatic rings. The van der Waals surface area contributed by atoms with Crippen LogP contribution in [0.1, 0.15) is 43.1 Å². The van der Waals surface area contributed by atoms with Gasteiger partial charge in [0.25, 0.3) is 5.91 Å². The largest absolute Gasteiger partial charge is 0.369 e. The number of rotatable bonds is 7. The number of nitrogens with one attached hydrogen (secondary N) is 1. The Kier molecular flexibility index (Phi) is 6.51. The van der Waals surface area contributed by atoms with Gasteiger partial charge < -0.3 is 10.2 Å². The van der Waals surface area contributed by atoms with E-state index in [0.717, 1.165) is 38.2 Å². The Labute approximate surface area is 163 Å². The van der Waals surface area contributed by atoms with Crippen LogP contribution in [0.5, 0.6) is 0 Å². The van der Waals surface area contributed by atoms with Crippen LogP contribution in [0.25, 0.3) is 0 Å². The predicted molar refractivity (Wildman–Crippen MR) is 112 cm³/mol. The molecule has 1 amide bonds. The van der Waals surface area contributed by atoms with Crippen molar-refractivity contribution in [2.24, 2.45) is 0 Å². The molecule has 0 spiro atoms. The summed E-state index contributed by atoms with van der Waals surface area (Å²) in [5, 5.41) is 3.20. The molecular weight excluding hydrogens is 334 g/mol. The number of hydrogen-bond donors (Lipinski definition) is 1. The van der Waals surface area contributed by atoms with Crippen LogP contribution in [-0.2, 0) is 6.54 Å². The third-order valence-corrected chi connectivity index (χ3v) is 5.28. The Bertz CT molecular complexity index is 727. The van der Waals surface area contributed by atoms with Crippen LogP contribution in [0.2, 0.25) is 0 Å². The molecule has 0 radical (unpaired) electrons. The van der Waals surface area contributed by atoms with E-state index in [4.69, 9.17) is 0 Å². The fourth-order valence-corrected chi connectivity index (χ4v) is 3.85. The molecule has 0 aromatic heterocycles. The molecule has 1 fully saturated rings. The Morgan fingerprint density at radius 2 is 1.85 bits per heavy atom. The summed E-state index contributed by atoms with van der Waals surface area (Å²) >= 11 is 0. The van der Waals surface area contributed by atoms with Crippen LogP contribution in [0.15, 0.2) is 54.6 Å². The van der Waals surface area contributed by atoms with Crippen molar-refractivity contribution >= 4 is 11.6 Å².